The molecular formula is C15H20F2N2O2. The minimum absolute atomic E-state index is 0.0560. The molecule has 1 saturated carbocycles. The number of halogens is 2. The zero-order chi connectivity index (χ0) is 15.5. The van der Waals surface area contributed by atoms with Gasteiger partial charge in [0, 0.05) is 18.3 Å². The lowest BCUT2D eigenvalue weighted by molar-refractivity contribution is -0.117. The number of likely N-dealkylation sites (N-methyl/N-ethyl adjacent to an activating group) is 1. The van der Waals surface area contributed by atoms with Crippen molar-refractivity contribution in [2.75, 3.05) is 25.5 Å². The van der Waals surface area contributed by atoms with Crippen molar-refractivity contribution in [3.8, 4) is 0 Å². The SMILES string of the molecule is CN(CC(=O)Nc1cc(F)cc(F)c1)CC1(O)CCCC1. The molecule has 6 heteroatoms. The first kappa shape index (κ1) is 15.9. The number of nitrogens with zero attached hydrogens (tertiary/aromatic N) is 1. The molecule has 21 heavy (non-hydrogen) atoms. The molecule has 1 amide bonds. The van der Waals surface area contributed by atoms with Crippen LogP contribution in [0.4, 0.5) is 14.5 Å². The maximum atomic E-state index is 13.0. The minimum Gasteiger partial charge on any atom is -0.389 e. The Labute approximate surface area is 122 Å². The van der Waals surface area contributed by atoms with E-state index in [0.29, 0.717) is 6.54 Å². The van der Waals surface area contributed by atoms with E-state index in [1.54, 1.807) is 11.9 Å². The fourth-order valence-electron chi connectivity index (χ4n) is 2.82. The molecule has 116 valence electrons. The van der Waals surface area contributed by atoms with Gasteiger partial charge in [0.05, 0.1) is 12.1 Å². The summed E-state index contributed by atoms with van der Waals surface area (Å²) in [5.41, 5.74) is -0.634. The minimum atomic E-state index is -0.737. The molecule has 0 atom stereocenters. The molecule has 1 aromatic rings. The van der Waals surface area contributed by atoms with Crippen LogP contribution in [0.3, 0.4) is 0 Å². The third kappa shape index (κ3) is 4.75. The Balaban J connectivity index is 1.86. The van der Waals surface area contributed by atoms with Gasteiger partial charge in [-0.3, -0.25) is 9.69 Å². The molecule has 2 rings (SSSR count). The van der Waals surface area contributed by atoms with Crippen molar-refractivity contribution in [2.24, 2.45) is 0 Å². The van der Waals surface area contributed by atoms with Gasteiger partial charge >= 0.3 is 0 Å². The van der Waals surface area contributed by atoms with Crippen molar-refractivity contribution in [1.29, 1.82) is 0 Å². The number of aliphatic hydroxyl groups is 1. The van der Waals surface area contributed by atoms with Gasteiger partial charge in [0.25, 0.3) is 0 Å². The first-order chi connectivity index (χ1) is 9.86. The van der Waals surface area contributed by atoms with Crippen molar-refractivity contribution < 1.29 is 18.7 Å². The zero-order valence-corrected chi connectivity index (χ0v) is 12.0. The van der Waals surface area contributed by atoms with Crippen LogP contribution in [-0.4, -0.2) is 41.7 Å². The molecule has 4 nitrogen and oxygen atoms in total. The maximum Gasteiger partial charge on any atom is 0.238 e. The number of carbonyl (C=O) groups is 1. The predicted molar refractivity (Wildman–Crippen MR) is 75.9 cm³/mol. The third-order valence-electron chi connectivity index (χ3n) is 3.66. The van der Waals surface area contributed by atoms with E-state index in [2.05, 4.69) is 5.32 Å². The molecule has 0 radical (unpaired) electrons. The van der Waals surface area contributed by atoms with E-state index in [4.69, 9.17) is 0 Å². The van der Waals surface area contributed by atoms with Crippen molar-refractivity contribution in [2.45, 2.75) is 31.3 Å². The Morgan fingerprint density at radius 2 is 1.86 bits per heavy atom. The fourth-order valence-corrected chi connectivity index (χ4v) is 2.82. The number of hydrogen-bond acceptors (Lipinski definition) is 3. The van der Waals surface area contributed by atoms with Crippen LogP contribution >= 0.6 is 0 Å². The smallest absolute Gasteiger partial charge is 0.238 e. The topological polar surface area (TPSA) is 52.6 Å². The number of benzene rings is 1. The van der Waals surface area contributed by atoms with Gasteiger partial charge in [0.2, 0.25) is 5.91 Å². The number of rotatable bonds is 5. The molecule has 1 aromatic carbocycles. The van der Waals surface area contributed by atoms with E-state index >= 15 is 0 Å². The monoisotopic (exact) mass is 298 g/mol. The summed E-state index contributed by atoms with van der Waals surface area (Å²) in [7, 11) is 1.74. The van der Waals surface area contributed by atoms with Crippen LogP contribution in [0.2, 0.25) is 0 Å². The zero-order valence-electron chi connectivity index (χ0n) is 12.0. The molecule has 2 N–H and O–H groups in total. The first-order valence-electron chi connectivity index (χ1n) is 7.03. The lowest BCUT2D eigenvalue weighted by Crippen LogP contribution is -2.42. The standard InChI is InChI=1S/C15H20F2N2O2/c1-19(10-15(21)4-2-3-5-15)9-14(20)18-13-7-11(16)6-12(17)8-13/h6-8,21H,2-5,9-10H2,1H3,(H,18,20). The fraction of sp³-hybridized carbons (Fsp3) is 0.533. The van der Waals surface area contributed by atoms with Crippen LogP contribution in [0.1, 0.15) is 25.7 Å². The van der Waals surface area contributed by atoms with Gasteiger partial charge in [0.1, 0.15) is 11.6 Å². The number of carbonyl (C=O) groups excluding carboxylic acids is 1. The van der Waals surface area contributed by atoms with Gasteiger partial charge in [-0.2, -0.15) is 0 Å². The highest BCUT2D eigenvalue weighted by molar-refractivity contribution is 5.92. The van der Waals surface area contributed by atoms with Crippen molar-refractivity contribution in [3.05, 3.63) is 29.8 Å². The summed E-state index contributed by atoms with van der Waals surface area (Å²) in [5, 5.41) is 12.7. The predicted octanol–water partition coefficient (Wildman–Crippen LogP) is 2.14. The molecule has 0 unspecified atom stereocenters. The summed E-state index contributed by atoms with van der Waals surface area (Å²) in [6.45, 7) is 0.471. The molecule has 0 aliphatic heterocycles. The summed E-state index contributed by atoms with van der Waals surface area (Å²) in [4.78, 5) is 13.6. The van der Waals surface area contributed by atoms with Gasteiger partial charge in [-0.15, -0.1) is 0 Å². The Morgan fingerprint density at radius 1 is 1.29 bits per heavy atom. The van der Waals surface area contributed by atoms with E-state index in [1.807, 2.05) is 0 Å². The van der Waals surface area contributed by atoms with Crippen molar-refractivity contribution in [1.82, 2.24) is 4.90 Å². The van der Waals surface area contributed by atoms with E-state index in [9.17, 15) is 18.7 Å². The molecule has 0 aromatic heterocycles. The second kappa shape index (κ2) is 6.49. The lowest BCUT2D eigenvalue weighted by Gasteiger charge is -2.28. The lowest BCUT2D eigenvalue weighted by atomic mass is 10.0. The van der Waals surface area contributed by atoms with Crippen LogP contribution in [0.15, 0.2) is 18.2 Å². The molecule has 0 heterocycles. The van der Waals surface area contributed by atoms with Gasteiger partial charge in [0.15, 0.2) is 0 Å². The largest absolute Gasteiger partial charge is 0.389 e. The summed E-state index contributed by atoms with van der Waals surface area (Å²) in [6, 6.07) is 2.87. The van der Waals surface area contributed by atoms with Crippen LogP contribution in [0.25, 0.3) is 0 Å². The molecule has 1 aliphatic rings. The number of anilines is 1. The second-order valence-corrected chi connectivity index (χ2v) is 5.81. The van der Waals surface area contributed by atoms with Crippen LogP contribution < -0.4 is 5.32 Å². The molecule has 1 aliphatic carbocycles. The third-order valence-corrected chi connectivity index (χ3v) is 3.66. The number of hydrogen-bond donors (Lipinski definition) is 2. The van der Waals surface area contributed by atoms with Crippen LogP contribution in [-0.2, 0) is 4.79 Å². The van der Waals surface area contributed by atoms with Crippen molar-refractivity contribution >= 4 is 11.6 Å². The summed E-state index contributed by atoms with van der Waals surface area (Å²) < 4.78 is 26.1. The highest BCUT2D eigenvalue weighted by Gasteiger charge is 2.32. The van der Waals surface area contributed by atoms with Gasteiger partial charge in [-0.25, -0.2) is 8.78 Å². The Morgan fingerprint density at radius 3 is 2.43 bits per heavy atom. The molecule has 0 saturated heterocycles. The first-order valence-corrected chi connectivity index (χ1v) is 7.03. The quantitative estimate of drug-likeness (QED) is 0.875. The Bertz CT molecular complexity index is 496. The summed E-state index contributed by atoms with van der Waals surface area (Å²) in [6.07, 6.45) is 3.49. The van der Waals surface area contributed by atoms with Gasteiger partial charge in [-0.05, 0) is 32.0 Å². The molecular weight excluding hydrogens is 278 g/mol. The van der Waals surface area contributed by atoms with Crippen molar-refractivity contribution in [3.63, 3.8) is 0 Å². The van der Waals surface area contributed by atoms with Crippen LogP contribution in [0.5, 0.6) is 0 Å². The van der Waals surface area contributed by atoms with Gasteiger partial charge in [-0.1, -0.05) is 12.8 Å². The number of nitrogens with one attached hydrogen (secondary N) is 1. The normalized spacial score (nSPS) is 17.2. The van der Waals surface area contributed by atoms with Crippen LogP contribution in [0, 0.1) is 11.6 Å². The number of amides is 1. The maximum absolute atomic E-state index is 13.0. The highest BCUT2D eigenvalue weighted by Crippen LogP contribution is 2.29. The van der Waals surface area contributed by atoms with E-state index in [-0.39, 0.29) is 18.1 Å². The van der Waals surface area contributed by atoms with E-state index < -0.39 is 17.2 Å². The Hall–Kier alpha value is -1.53. The second-order valence-electron chi connectivity index (χ2n) is 5.81. The highest BCUT2D eigenvalue weighted by atomic mass is 19.1. The average Bonchev–Trinajstić information content (AvgIpc) is 2.73. The average molecular weight is 298 g/mol. The van der Waals surface area contributed by atoms with E-state index in [1.165, 1.54) is 0 Å². The summed E-state index contributed by atoms with van der Waals surface area (Å²) in [5.74, 6) is -1.85. The Kier molecular flexibility index (Phi) is 4.90. The molecule has 0 spiro atoms. The van der Waals surface area contributed by atoms with E-state index in [0.717, 1.165) is 43.9 Å². The van der Waals surface area contributed by atoms with Gasteiger partial charge < -0.3 is 10.4 Å². The molecule has 1 fully saturated rings. The summed E-state index contributed by atoms with van der Waals surface area (Å²) >= 11 is 0. The molecule has 0 bridgehead atoms.